The first-order valence-electron chi connectivity index (χ1n) is 10.1. The Hall–Kier alpha value is -2.51. The molecule has 0 saturated carbocycles. The van der Waals surface area contributed by atoms with Gasteiger partial charge in [0.25, 0.3) is 0 Å². The summed E-state index contributed by atoms with van der Waals surface area (Å²) in [5.41, 5.74) is 3.23. The number of sulfonamides is 1. The average molecular weight is 427 g/mol. The summed E-state index contributed by atoms with van der Waals surface area (Å²) in [5.74, 6) is 0.484. The van der Waals surface area contributed by atoms with E-state index in [0.717, 1.165) is 28.7 Å². The number of hydrogen-bond donors (Lipinski definition) is 1. The molecule has 0 bridgehead atoms. The van der Waals surface area contributed by atoms with Gasteiger partial charge in [-0.15, -0.1) is 0 Å². The minimum atomic E-state index is -3.67. The van der Waals surface area contributed by atoms with Crippen LogP contribution in [0.1, 0.15) is 45.7 Å². The van der Waals surface area contributed by atoms with E-state index >= 15 is 0 Å². The van der Waals surface area contributed by atoms with Crippen molar-refractivity contribution in [2.45, 2.75) is 58.0 Å². The number of rotatable bonds is 7. The largest absolute Gasteiger partial charge is 0.249 e. The first-order chi connectivity index (χ1) is 14.0. The van der Waals surface area contributed by atoms with Gasteiger partial charge in [0.2, 0.25) is 10.0 Å². The Bertz CT molecular complexity index is 1080. The minimum Gasteiger partial charge on any atom is -0.249 e. The van der Waals surface area contributed by atoms with E-state index < -0.39 is 15.6 Å². The molecule has 2 aromatic carbocycles. The lowest BCUT2D eigenvalue weighted by Gasteiger charge is -2.22. The van der Waals surface area contributed by atoms with Crippen molar-refractivity contribution >= 4 is 10.0 Å². The third kappa shape index (κ3) is 5.77. The summed E-state index contributed by atoms with van der Waals surface area (Å²) in [6, 6.07) is 13.6. The van der Waals surface area contributed by atoms with Crippen LogP contribution in [0.2, 0.25) is 0 Å². The molecule has 0 radical (unpaired) electrons. The van der Waals surface area contributed by atoms with Gasteiger partial charge in [-0.1, -0.05) is 44.2 Å². The highest BCUT2D eigenvalue weighted by Gasteiger charge is 2.25. The Kier molecular flexibility index (Phi) is 6.43. The minimum absolute atomic E-state index is 0.300. The molecule has 0 atom stereocenters. The molecule has 0 aliphatic rings. The summed E-state index contributed by atoms with van der Waals surface area (Å²) in [6.45, 7) is 10.5. The van der Waals surface area contributed by atoms with Crippen LogP contribution in [0.4, 0.5) is 0 Å². The molecule has 6 nitrogen and oxygen atoms in total. The van der Waals surface area contributed by atoms with Crippen LogP contribution in [-0.4, -0.2) is 28.7 Å². The SMILES string of the molecule is CC(C)Cc1ccc(S(=O)(=O)NC(C)(C)C)c(-c2ccc(Cn3cncn3)cc2)c1. The molecule has 1 aromatic heterocycles. The van der Waals surface area contributed by atoms with Crippen LogP contribution in [0.15, 0.2) is 60.0 Å². The standard InChI is InChI=1S/C23H30N4O2S/c1-17(2)12-19-8-11-22(30(28,29)26-23(3,4)5)21(13-19)20-9-6-18(7-10-20)14-27-16-24-15-25-27/h6-11,13,15-17,26H,12,14H2,1-5H3. The van der Waals surface area contributed by atoms with Crippen LogP contribution in [0.3, 0.4) is 0 Å². The van der Waals surface area contributed by atoms with Gasteiger partial charge in [0.05, 0.1) is 11.4 Å². The van der Waals surface area contributed by atoms with Crippen molar-refractivity contribution < 1.29 is 8.42 Å². The van der Waals surface area contributed by atoms with Crippen molar-refractivity contribution in [2.75, 3.05) is 0 Å². The zero-order valence-corrected chi connectivity index (χ0v) is 19.1. The van der Waals surface area contributed by atoms with Crippen LogP contribution in [0.5, 0.6) is 0 Å². The van der Waals surface area contributed by atoms with E-state index in [2.05, 4.69) is 28.7 Å². The fourth-order valence-electron chi connectivity index (χ4n) is 3.38. The van der Waals surface area contributed by atoms with Crippen LogP contribution < -0.4 is 4.72 Å². The van der Waals surface area contributed by atoms with Gasteiger partial charge in [-0.2, -0.15) is 5.10 Å². The molecule has 1 N–H and O–H groups in total. The van der Waals surface area contributed by atoms with Crippen molar-refractivity contribution in [1.82, 2.24) is 19.5 Å². The highest BCUT2D eigenvalue weighted by molar-refractivity contribution is 7.89. The molecule has 1 heterocycles. The maximum absolute atomic E-state index is 13.1. The molecule has 30 heavy (non-hydrogen) atoms. The molecule has 0 aliphatic heterocycles. The van der Waals surface area contributed by atoms with E-state index in [1.54, 1.807) is 17.1 Å². The Morgan fingerprint density at radius 1 is 1.03 bits per heavy atom. The molecule has 3 aromatic rings. The van der Waals surface area contributed by atoms with E-state index in [-0.39, 0.29) is 0 Å². The van der Waals surface area contributed by atoms with Gasteiger partial charge in [0, 0.05) is 11.1 Å². The highest BCUT2D eigenvalue weighted by Crippen LogP contribution is 2.30. The Balaban J connectivity index is 2.01. The molecule has 0 spiro atoms. The topological polar surface area (TPSA) is 76.9 Å². The van der Waals surface area contributed by atoms with E-state index in [4.69, 9.17) is 0 Å². The molecule has 0 fully saturated rings. The van der Waals surface area contributed by atoms with Crippen LogP contribution in [-0.2, 0) is 23.0 Å². The fraction of sp³-hybridized carbons (Fsp3) is 0.391. The highest BCUT2D eigenvalue weighted by atomic mass is 32.2. The molecule has 7 heteroatoms. The second-order valence-electron chi connectivity index (χ2n) is 9.07. The van der Waals surface area contributed by atoms with E-state index in [9.17, 15) is 8.42 Å². The lowest BCUT2D eigenvalue weighted by molar-refractivity contribution is 0.491. The molecule has 3 rings (SSSR count). The predicted octanol–water partition coefficient (Wildman–Crippen LogP) is 4.27. The van der Waals surface area contributed by atoms with Gasteiger partial charge in [-0.05, 0) is 61.9 Å². The van der Waals surface area contributed by atoms with Crippen molar-refractivity contribution in [3.63, 3.8) is 0 Å². The normalized spacial score (nSPS) is 12.5. The molecule has 0 saturated heterocycles. The quantitative estimate of drug-likeness (QED) is 0.612. The molecule has 0 aliphatic carbocycles. The molecular weight excluding hydrogens is 396 g/mol. The van der Waals surface area contributed by atoms with Crippen molar-refractivity contribution in [1.29, 1.82) is 0 Å². The second kappa shape index (κ2) is 8.70. The summed E-state index contributed by atoms with van der Waals surface area (Å²) in [6.07, 6.45) is 4.07. The molecule has 0 amide bonds. The van der Waals surface area contributed by atoms with Gasteiger partial charge >= 0.3 is 0 Å². The fourth-order valence-corrected chi connectivity index (χ4v) is 5.01. The second-order valence-corrected chi connectivity index (χ2v) is 10.7. The van der Waals surface area contributed by atoms with Crippen LogP contribution in [0, 0.1) is 5.92 Å². The number of nitrogens with one attached hydrogen (secondary N) is 1. The van der Waals surface area contributed by atoms with Crippen molar-refractivity contribution in [2.24, 2.45) is 5.92 Å². The lowest BCUT2D eigenvalue weighted by Crippen LogP contribution is -2.40. The van der Waals surface area contributed by atoms with Crippen LogP contribution in [0.25, 0.3) is 11.1 Å². The number of nitrogens with zero attached hydrogens (tertiary/aromatic N) is 3. The van der Waals surface area contributed by atoms with Gasteiger partial charge in [0.15, 0.2) is 0 Å². The van der Waals surface area contributed by atoms with Crippen LogP contribution >= 0.6 is 0 Å². The van der Waals surface area contributed by atoms with Crippen molar-refractivity contribution in [3.8, 4) is 11.1 Å². The summed E-state index contributed by atoms with van der Waals surface area (Å²) in [7, 11) is -3.67. The number of hydrogen-bond acceptors (Lipinski definition) is 4. The third-order valence-corrected chi connectivity index (χ3v) is 6.31. The Morgan fingerprint density at radius 3 is 2.27 bits per heavy atom. The number of aromatic nitrogens is 3. The number of benzene rings is 2. The van der Waals surface area contributed by atoms with E-state index in [1.165, 1.54) is 6.33 Å². The van der Waals surface area contributed by atoms with Crippen molar-refractivity contribution in [3.05, 3.63) is 66.2 Å². The average Bonchev–Trinajstić information content (AvgIpc) is 3.12. The lowest BCUT2D eigenvalue weighted by atomic mass is 9.97. The molecule has 160 valence electrons. The molecular formula is C23H30N4O2S. The predicted molar refractivity (Wildman–Crippen MR) is 120 cm³/mol. The van der Waals surface area contributed by atoms with Gasteiger partial charge in [-0.25, -0.2) is 22.8 Å². The Labute approximate surface area is 179 Å². The first-order valence-corrected chi connectivity index (χ1v) is 11.6. The smallest absolute Gasteiger partial charge is 0.241 e. The summed E-state index contributed by atoms with van der Waals surface area (Å²) >= 11 is 0. The van der Waals surface area contributed by atoms with Gasteiger partial charge in [0.1, 0.15) is 12.7 Å². The summed E-state index contributed by atoms with van der Waals surface area (Å²) in [4.78, 5) is 4.26. The van der Waals surface area contributed by atoms with Gasteiger partial charge < -0.3 is 0 Å². The summed E-state index contributed by atoms with van der Waals surface area (Å²) in [5, 5.41) is 4.13. The van der Waals surface area contributed by atoms with Gasteiger partial charge in [-0.3, -0.25) is 0 Å². The van der Waals surface area contributed by atoms with E-state index in [1.807, 2.05) is 57.2 Å². The van der Waals surface area contributed by atoms with E-state index in [0.29, 0.717) is 17.4 Å². The first kappa shape index (κ1) is 22.2. The monoisotopic (exact) mass is 426 g/mol. The zero-order chi connectivity index (χ0) is 21.9. The maximum Gasteiger partial charge on any atom is 0.241 e. The maximum atomic E-state index is 13.1. The Morgan fingerprint density at radius 2 is 1.70 bits per heavy atom. The third-order valence-electron chi connectivity index (χ3n) is 4.49. The zero-order valence-electron chi connectivity index (χ0n) is 18.3. The summed E-state index contributed by atoms with van der Waals surface area (Å²) < 4.78 is 30.8. The molecule has 0 unspecified atom stereocenters.